The van der Waals surface area contributed by atoms with Gasteiger partial charge in [0.15, 0.2) is 5.82 Å². The number of amides is 2. The number of nitrogens with zero attached hydrogens (tertiary/aromatic N) is 4. The van der Waals surface area contributed by atoms with Crippen molar-refractivity contribution in [3.05, 3.63) is 98.9 Å². The highest BCUT2D eigenvalue weighted by Gasteiger charge is 2.37. The van der Waals surface area contributed by atoms with Gasteiger partial charge >= 0.3 is 5.97 Å². The van der Waals surface area contributed by atoms with Gasteiger partial charge in [-0.1, -0.05) is 35.9 Å². The first-order valence-electron chi connectivity index (χ1n) is 15.9. The zero-order valence-corrected chi connectivity index (χ0v) is 28.4. The first-order valence-corrected chi connectivity index (χ1v) is 16.3. The van der Waals surface area contributed by atoms with Gasteiger partial charge in [0.25, 0.3) is 5.91 Å². The first-order chi connectivity index (χ1) is 23.3. The second-order valence-electron chi connectivity index (χ2n) is 13.1. The fourth-order valence-electron chi connectivity index (χ4n) is 6.04. The van der Waals surface area contributed by atoms with Gasteiger partial charge in [-0.3, -0.25) is 19.3 Å². The summed E-state index contributed by atoms with van der Waals surface area (Å²) in [4.78, 5) is 46.5. The Labute approximate surface area is 289 Å². The van der Waals surface area contributed by atoms with Gasteiger partial charge in [0, 0.05) is 55.8 Å². The van der Waals surface area contributed by atoms with Crippen LogP contribution < -0.4 is 15.4 Å². The Morgan fingerprint density at radius 3 is 2.47 bits per heavy atom. The van der Waals surface area contributed by atoms with Gasteiger partial charge in [0.2, 0.25) is 11.6 Å². The lowest BCUT2D eigenvalue weighted by molar-refractivity contribution is -0.155. The highest BCUT2D eigenvalue weighted by Crippen LogP contribution is 2.35. The number of carbonyl (C=O) groups excluding carboxylic acids is 3. The maximum atomic E-state index is 15.2. The molecule has 2 aliphatic rings. The predicted octanol–water partition coefficient (Wildman–Crippen LogP) is 6.00. The number of hydrogen-bond donors (Lipinski definition) is 1. The molecule has 13 heteroatoms. The number of rotatable bonds is 11. The molecule has 3 aromatic rings. The van der Waals surface area contributed by atoms with Crippen LogP contribution >= 0.6 is 11.6 Å². The van der Waals surface area contributed by atoms with Crippen molar-refractivity contribution in [1.29, 1.82) is 0 Å². The normalized spacial score (nSPS) is 15.5. The van der Waals surface area contributed by atoms with E-state index in [-0.39, 0.29) is 36.7 Å². The van der Waals surface area contributed by atoms with Crippen LogP contribution in [-0.4, -0.2) is 65.4 Å². The van der Waals surface area contributed by atoms with Crippen molar-refractivity contribution in [2.75, 3.05) is 31.1 Å². The Kier molecular flexibility index (Phi) is 10.7. The maximum absolute atomic E-state index is 15.2. The van der Waals surface area contributed by atoms with Crippen molar-refractivity contribution in [2.24, 2.45) is 5.73 Å². The Morgan fingerprint density at radius 1 is 1.08 bits per heavy atom. The van der Waals surface area contributed by atoms with Crippen molar-refractivity contribution < 1.29 is 32.6 Å². The lowest BCUT2D eigenvalue weighted by atomic mass is 10.1. The molecule has 1 atom stereocenters. The quantitative estimate of drug-likeness (QED) is 0.194. The van der Waals surface area contributed by atoms with Gasteiger partial charge in [-0.2, -0.15) is 0 Å². The number of fused-ring (bicyclic) bond motifs is 1. The summed E-state index contributed by atoms with van der Waals surface area (Å²) in [6.07, 6.45) is -0.0760. The van der Waals surface area contributed by atoms with E-state index in [2.05, 4.69) is 9.74 Å². The monoisotopic (exact) mass is 693 g/mol. The van der Waals surface area contributed by atoms with E-state index >= 15 is 4.39 Å². The number of ether oxygens (including phenoxy) is 2. The zero-order chi connectivity index (χ0) is 35.5. The molecule has 2 aliphatic heterocycles. The van der Waals surface area contributed by atoms with Crippen molar-refractivity contribution in [3.8, 4) is 5.75 Å². The Bertz CT molecular complexity index is 1800. The standard InChI is InChI=1S/C36H38ClF2N5O5/c1-36(2,3)49-31(45)13-12-29(34(40)46)44-20-25-24(35(44)47)6-5-7-30(25)48-21-23-9-8-22(18-26(23)38)19-42-14-16-43(17-15-42)28-11-10-27(41-4)32(37)33(28)39/h5-11,18,29H,12-17,19-21H2,1-3H3,(H2,40,46)/t29-/m0/s1. The highest BCUT2D eigenvalue weighted by molar-refractivity contribution is 6.33. The summed E-state index contributed by atoms with van der Waals surface area (Å²) < 4.78 is 41.3. The molecule has 10 nitrogen and oxygen atoms in total. The molecule has 0 aromatic heterocycles. The zero-order valence-electron chi connectivity index (χ0n) is 27.6. The van der Waals surface area contributed by atoms with Crippen LogP contribution in [0.5, 0.6) is 5.75 Å². The summed E-state index contributed by atoms with van der Waals surface area (Å²) in [5.74, 6) is -2.29. The Hall–Kier alpha value is -4.73. The molecule has 1 saturated heterocycles. The minimum atomic E-state index is -1.02. The molecular weight excluding hydrogens is 656 g/mol. The number of piperazine rings is 1. The molecular formula is C36H38ClF2N5O5. The van der Waals surface area contributed by atoms with Crippen LogP contribution in [0.25, 0.3) is 4.85 Å². The second-order valence-corrected chi connectivity index (χ2v) is 13.5. The molecule has 0 saturated carbocycles. The predicted molar refractivity (Wildman–Crippen MR) is 180 cm³/mol. The fourth-order valence-corrected chi connectivity index (χ4v) is 6.24. The number of anilines is 1. The van der Waals surface area contributed by atoms with Crippen LogP contribution in [0, 0.1) is 18.2 Å². The van der Waals surface area contributed by atoms with Crippen molar-refractivity contribution >= 4 is 40.8 Å². The molecule has 0 bridgehead atoms. The van der Waals surface area contributed by atoms with E-state index in [1.807, 2.05) is 11.0 Å². The van der Waals surface area contributed by atoms with Crippen molar-refractivity contribution in [1.82, 2.24) is 9.80 Å². The third-order valence-corrected chi connectivity index (χ3v) is 8.84. The number of primary amides is 1. The van der Waals surface area contributed by atoms with Gasteiger partial charge in [-0.25, -0.2) is 13.6 Å². The number of hydrogen-bond acceptors (Lipinski definition) is 7. The van der Waals surface area contributed by atoms with Crippen LogP contribution in [0.2, 0.25) is 5.02 Å². The molecule has 49 heavy (non-hydrogen) atoms. The highest BCUT2D eigenvalue weighted by atomic mass is 35.5. The molecule has 2 N–H and O–H groups in total. The first kappa shape index (κ1) is 35.6. The third-order valence-electron chi connectivity index (χ3n) is 8.48. The lowest BCUT2D eigenvalue weighted by Crippen LogP contribution is -2.46. The van der Waals surface area contributed by atoms with Crippen LogP contribution in [0.3, 0.4) is 0 Å². The van der Waals surface area contributed by atoms with E-state index < -0.39 is 41.1 Å². The summed E-state index contributed by atoms with van der Waals surface area (Å²) in [5, 5.41) is -0.176. The van der Waals surface area contributed by atoms with Gasteiger partial charge < -0.3 is 25.0 Å². The van der Waals surface area contributed by atoms with Crippen LogP contribution in [0.1, 0.15) is 60.7 Å². The van der Waals surface area contributed by atoms with Crippen molar-refractivity contribution in [2.45, 2.75) is 65.0 Å². The van der Waals surface area contributed by atoms with Gasteiger partial charge in [-0.05, 0) is 57.0 Å². The van der Waals surface area contributed by atoms with E-state index in [4.69, 9.17) is 33.4 Å². The molecule has 3 aromatic carbocycles. The smallest absolute Gasteiger partial charge is 0.306 e. The molecule has 5 rings (SSSR count). The molecule has 0 unspecified atom stereocenters. The van der Waals surface area contributed by atoms with E-state index in [1.165, 1.54) is 17.0 Å². The topological polar surface area (TPSA) is 110 Å². The van der Waals surface area contributed by atoms with Gasteiger partial charge in [0.1, 0.15) is 29.8 Å². The van der Waals surface area contributed by atoms with E-state index in [0.717, 1.165) is 5.56 Å². The number of halogens is 3. The summed E-state index contributed by atoms with van der Waals surface area (Å²) in [7, 11) is 0. The number of carbonyl (C=O) groups is 3. The van der Waals surface area contributed by atoms with Gasteiger partial charge in [0.05, 0.1) is 23.8 Å². The average Bonchev–Trinajstić information content (AvgIpc) is 3.38. The average molecular weight is 694 g/mol. The molecule has 0 radical (unpaired) electrons. The number of nitrogens with two attached hydrogens (primary N) is 1. The molecule has 2 amide bonds. The van der Waals surface area contributed by atoms with E-state index in [0.29, 0.717) is 60.9 Å². The summed E-state index contributed by atoms with van der Waals surface area (Å²) in [6.45, 7) is 15.1. The molecule has 258 valence electrons. The third kappa shape index (κ3) is 8.29. The SMILES string of the molecule is [C-]#[N+]c1ccc(N2CCN(Cc3ccc(COc4cccc5c4CN([C@@H](CCC(=O)OC(C)(C)C)C(N)=O)C5=O)c(F)c3)CC2)c(F)c1Cl. The number of benzene rings is 3. The lowest BCUT2D eigenvalue weighted by Gasteiger charge is -2.36. The summed E-state index contributed by atoms with van der Waals surface area (Å²) in [5.41, 5.74) is 7.41. The Balaban J connectivity index is 1.17. The molecule has 2 heterocycles. The number of esters is 1. The van der Waals surface area contributed by atoms with E-state index in [1.54, 1.807) is 51.1 Å². The van der Waals surface area contributed by atoms with Crippen LogP contribution in [-0.2, 0) is 34.0 Å². The van der Waals surface area contributed by atoms with Crippen LogP contribution in [0.4, 0.5) is 20.2 Å². The van der Waals surface area contributed by atoms with Crippen molar-refractivity contribution in [3.63, 3.8) is 0 Å². The van der Waals surface area contributed by atoms with E-state index in [9.17, 15) is 18.8 Å². The van der Waals surface area contributed by atoms with Gasteiger partial charge in [-0.15, -0.1) is 0 Å². The molecule has 1 fully saturated rings. The minimum Gasteiger partial charge on any atom is -0.488 e. The largest absolute Gasteiger partial charge is 0.488 e. The Morgan fingerprint density at radius 2 is 1.82 bits per heavy atom. The summed E-state index contributed by atoms with van der Waals surface area (Å²) >= 11 is 6.02. The second kappa shape index (κ2) is 14.8. The minimum absolute atomic E-state index is 0.0127. The molecule has 0 spiro atoms. The maximum Gasteiger partial charge on any atom is 0.306 e. The fraction of sp³-hybridized carbons (Fsp3) is 0.389. The summed E-state index contributed by atoms with van der Waals surface area (Å²) in [6, 6.07) is 12.0. The molecule has 0 aliphatic carbocycles. The van der Waals surface area contributed by atoms with Crippen LogP contribution in [0.15, 0.2) is 48.5 Å².